The number of thiophene rings is 1. The number of methoxy groups -OCH3 is 1. The molecule has 4 heterocycles. The first kappa shape index (κ1) is 21.2. The van der Waals surface area contributed by atoms with Gasteiger partial charge in [0, 0.05) is 40.5 Å². The van der Waals surface area contributed by atoms with Gasteiger partial charge in [-0.3, -0.25) is 9.79 Å². The molecule has 32 heavy (non-hydrogen) atoms. The number of aromatic nitrogens is 3. The Morgan fingerprint density at radius 1 is 1.16 bits per heavy atom. The van der Waals surface area contributed by atoms with Gasteiger partial charge in [0.2, 0.25) is 5.91 Å². The minimum atomic E-state index is 0.232. The summed E-state index contributed by atoms with van der Waals surface area (Å²) in [5, 5.41) is 10.0. The van der Waals surface area contributed by atoms with Crippen LogP contribution in [-0.4, -0.2) is 51.5 Å². The molecule has 2 aliphatic rings. The number of aliphatic imine (C=N–C) groups is 1. The highest BCUT2D eigenvalue weighted by atomic mass is 35.5. The highest BCUT2D eigenvalue weighted by Gasteiger charge is 2.27. The van der Waals surface area contributed by atoms with Gasteiger partial charge >= 0.3 is 6.01 Å². The third-order valence-corrected chi connectivity index (χ3v) is 7.42. The molecule has 9 heteroatoms. The molecular formula is C23H24ClN5O2S. The van der Waals surface area contributed by atoms with Crippen LogP contribution in [0, 0.1) is 0 Å². The quantitative estimate of drug-likeness (QED) is 0.558. The van der Waals surface area contributed by atoms with Gasteiger partial charge in [-0.2, -0.15) is 0 Å². The highest BCUT2D eigenvalue weighted by Crippen LogP contribution is 2.36. The summed E-state index contributed by atoms with van der Waals surface area (Å²) < 4.78 is 7.39. The molecule has 166 valence electrons. The molecule has 0 spiro atoms. The molecule has 7 nitrogen and oxygen atoms in total. The van der Waals surface area contributed by atoms with Crippen molar-refractivity contribution in [2.24, 2.45) is 4.99 Å². The van der Waals surface area contributed by atoms with E-state index in [0.717, 1.165) is 52.6 Å². The lowest BCUT2D eigenvalue weighted by molar-refractivity contribution is -0.132. The van der Waals surface area contributed by atoms with Crippen molar-refractivity contribution in [1.82, 2.24) is 19.7 Å². The number of halogens is 1. The van der Waals surface area contributed by atoms with Crippen molar-refractivity contribution in [2.75, 3.05) is 20.2 Å². The SMILES string of the molecule is COc1nnc2n1-c1sc(CCC(=O)N3CCCCC3)cc1C(c1ccccc1Cl)=NC2. The Morgan fingerprint density at radius 2 is 1.97 bits per heavy atom. The van der Waals surface area contributed by atoms with Crippen LogP contribution in [0.5, 0.6) is 6.01 Å². The number of carbonyl (C=O) groups excluding carboxylic acids is 1. The van der Waals surface area contributed by atoms with Crippen LogP contribution in [0.15, 0.2) is 35.3 Å². The van der Waals surface area contributed by atoms with Gasteiger partial charge in [0.15, 0.2) is 5.82 Å². The topological polar surface area (TPSA) is 72.6 Å². The molecule has 3 aromatic rings. The highest BCUT2D eigenvalue weighted by molar-refractivity contribution is 7.15. The Morgan fingerprint density at radius 3 is 2.75 bits per heavy atom. The number of hydrogen-bond donors (Lipinski definition) is 0. The fourth-order valence-corrected chi connectivity index (χ4v) is 5.67. The first-order chi connectivity index (χ1) is 15.7. The second-order valence-corrected chi connectivity index (χ2v) is 9.48. The van der Waals surface area contributed by atoms with Crippen LogP contribution in [0.1, 0.15) is 47.5 Å². The molecule has 1 amide bonds. The Hall–Kier alpha value is -2.71. The standard InChI is InChI=1S/C23H24ClN5O2S/c1-31-23-27-26-19-14-25-21(16-7-3-4-8-18(16)24)17-13-15(32-22(17)29(19)23)9-10-20(30)28-11-5-2-6-12-28/h3-4,7-8,13H,2,5-6,9-12,14H2,1H3. The zero-order chi connectivity index (χ0) is 22.1. The summed E-state index contributed by atoms with van der Waals surface area (Å²) >= 11 is 8.16. The predicted octanol–water partition coefficient (Wildman–Crippen LogP) is 4.29. The van der Waals surface area contributed by atoms with Crippen molar-refractivity contribution < 1.29 is 9.53 Å². The van der Waals surface area contributed by atoms with Gasteiger partial charge in [0.05, 0.1) is 12.8 Å². The molecule has 0 aliphatic carbocycles. The fourth-order valence-electron chi connectivity index (χ4n) is 4.28. The number of rotatable bonds is 5. The largest absolute Gasteiger partial charge is 0.467 e. The Kier molecular flexibility index (Phi) is 5.97. The zero-order valence-corrected chi connectivity index (χ0v) is 19.5. The van der Waals surface area contributed by atoms with Crippen molar-refractivity contribution in [3.63, 3.8) is 0 Å². The summed E-state index contributed by atoms with van der Waals surface area (Å²) in [5.74, 6) is 0.943. The van der Waals surface area contributed by atoms with Gasteiger partial charge in [-0.1, -0.05) is 34.9 Å². The monoisotopic (exact) mass is 469 g/mol. The molecular weight excluding hydrogens is 446 g/mol. The molecule has 1 saturated heterocycles. The predicted molar refractivity (Wildman–Crippen MR) is 125 cm³/mol. The molecule has 0 N–H and O–H groups in total. The minimum Gasteiger partial charge on any atom is -0.467 e. The first-order valence-corrected chi connectivity index (χ1v) is 12.0. The van der Waals surface area contributed by atoms with Crippen molar-refractivity contribution in [3.8, 4) is 11.0 Å². The maximum absolute atomic E-state index is 12.7. The Labute approximate surface area is 195 Å². The van der Waals surface area contributed by atoms with Crippen LogP contribution in [0.4, 0.5) is 0 Å². The second-order valence-electron chi connectivity index (χ2n) is 7.96. The number of hydrogen-bond acceptors (Lipinski definition) is 6. The van der Waals surface area contributed by atoms with E-state index in [-0.39, 0.29) is 5.91 Å². The number of nitrogens with zero attached hydrogens (tertiary/aromatic N) is 5. The van der Waals surface area contributed by atoms with Crippen molar-refractivity contribution >= 4 is 34.6 Å². The number of fused-ring (bicyclic) bond motifs is 3. The number of amides is 1. The molecule has 0 saturated carbocycles. The van der Waals surface area contributed by atoms with E-state index in [4.69, 9.17) is 21.3 Å². The zero-order valence-electron chi connectivity index (χ0n) is 17.9. The van der Waals surface area contributed by atoms with Gasteiger partial charge < -0.3 is 9.64 Å². The summed E-state index contributed by atoms with van der Waals surface area (Å²) in [6.07, 6.45) is 4.61. The molecule has 0 radical (unpaired) electrons. The number of piperidine rings is 1. The molecule has 5 rings (SSSR count). The third kappa shape index (κ3) is 3.93. The van der Waals surface area contributed by atoms with Gasteiger partial charge in [-0.05, 0) is 37.8 Å². The lowest BCUT2D eigenvalue weighted by Crippen LogP contribution is -2.35. The number of aryl methyl sites for hydroxylation is 1. The number of likely N-dealkylation sites (tertiary alicyclic amines) is 1. The van der Waals surface area contributed by atoms with Crippen LogP contribution in [0.2, 0.25) is 5.02 Å². The molecule has 0 unspecified atom stereocenters. The van der Waals surface area contributed by atoms with Gasteiger partial charge in [0.25, 0.3) is 0 Å². The molecule has 0 atom stereocenters. The van der Waals surface area contributed by atoms with E-state index in [1.165, 1.54) is 6.42 Å². The second kappa shape index (κ2) is 9.03. The maximum atomic E-state index is 12.7. The normalized spacial score (nSPS) is 15.6. The van der Waals surface area contributed by atoms with E-state index in [1.54, 1.807) is 18.4 Å². The van der Waals surface area contributed by atoms with Crippen molar-refractivity contribution in [2.45, 2.75) is 38.6 Å². The van der Waals surface area contributed by atoms with E-state index < -0.39 is 0 Å². The molecule has 2 aromatic heterocycles. The number of benzene rings is 1. The summed E-state index contributed by atoms with van der Waals surface area (Å²) in [7, 11) is 1.59. The van der Waals surface area contributed by atoms with Gasteiger partial charge in [0.1, 0.15) is 11.5 Å². The van der Waals surface area contributed by atoms with Crippen LogP contribution in [0.25, 0.3) is 5.00 Å². The average molecular weight is 470 g/mol. The maximum Gasteiger partial charge on any atom is 0.322 e. The summed E-state index contributed by atoms with van der Waals surface area (Å²) in [6.45, 7) is 2.13. The lowest BCUT2D eigenvalue weighted by atomic mass is 10.0. The molecule has 1 fully saturated rings. The molecule has 1 aromatic carbocycles. The van der Waals surface area contributed by atoms with Crippen LogP contribution < -0.4 is 4.74 Å². The minimum absolute atomic E-state index is 0.232. The van der Waals surface area contributed by atoms with Gasteiger partial charge in [-0.25, -0.2) is 4.57 Å². The number of carbonyl (C=O) groups is 1. The Bertz CT molecular complexity index is 1180. The fraction of sp³-hybridized carbons (Fsp3) is 0.391. The van der Waals surface area contributed by atoms with E-state index in [1.807, 2.05) is 33.7 Å². The summed E-state index contributed by atoms with van der Waals surface area (Å²) in [5.41, 5.74) is 2.66. The van der Waals surface area contributed by atoms with Crippen LogP contribution in [-0.2, 0) is 17.8 Å². The van der Waals surface area contributed by atoms with E-state index in [0.29, 0.717) is 36.2 Å². The Balaban J connectivity index is 1.50. The van der Waals surface area contributed by atoms with E-state index in [2.05, 4.69) is 16.3 Å². The average Bonchev–Trinajstić information content (AvgIpc) is 3.39. The van der Waals surface area contributed by atoms with E-state index >= 15 is 0 Å². The van der Waals surface area contributed by atoms with Crippen LogP contribution >= 0.6 is 22.9 Å². The lowest BCUT2D eigenvalue weighted by Gasteiger charge is -2.26. The summed E-state index contributed by atoms with van der Waals surface area (Å²) in [4.78, 5) is 20.7. The molecule has 0 bridgehead atoms. The first-order valence-electron chi connectivity index (χ1n) is 10.8. The van der Waals surface area contributed by atoms with E-state index in [9.17, 15) is 4.79 Å². The summed E-state index contributed by atoms with van der Waals surface area (Å²) in [6, 6.07) is 10.3. The molecule has 2 aliphatic heterocycles. The van der Waals surface area contributed by atoms with Crippen molar-refractivity contribution in [3.05, 3.63) is 57.2 Å². The number of ether oxygens (including phenoxy) is 1. The third-order valence-electron chi connectivity index (χ3n) is 5.91. The van der Waals surface area contributed by atoms with Gasteiger partial charge in [-0.15, -0.1) is 16.4 Å². The van der Waals surface area contributed by atoms with Crippen molar-refractivity contribution in [1.29, 1.82) is 0 Å². The van der Waals surface area contributed by atoms with Crippen LogP contribution in [0.3, 0.4) is 0 Å². The smallest absolute Gasteiger partial charge is 0.322 e.